The highest BCUT2D eigenvalue weighted by Gasteiger charge is 2.08. The molecule has 6 nitrogen and oxygen atoms in total. The summed E-state index contributed by atoms with van der Waals surface area (Å²) in [6.07, 6.45) is 2.99. The summed E-state index contributed by atoms with van der Waals surface area (Å²) in [6, 6.07) is 4.12. The van der Waals surface area contributed by atoms with E-state index in [0.717, 1.165) is 28.5 Å². The molecular formula is C18H23N3O3S2. The van der Waals surface area contributed by atoms with Gasteiger partial charge in [0, 0.05) is 47.3 Å². The van der Waals surface area contributed by atoms with E-state index in [4.69, 9.17) is 4.74 Å². The van der Waals surface area contributed by atoms with Crippen LogP contribution in [-0.4, -0.2) is 40.6 Å². The number of aromatic nitrogens is 2. The molecule has 2 aromatic rings. The summed E-state index contributed by atoms with van der Waals surface area (Å²) in [4.78, 5) is 24.8. The van der Waals surface area contributed by atoms with E-state index in [1.165, 1.54) is 11.0 Å². The van der Waals surface area contributed by atoms with Crippen LogP contribution in [-0.2, 0) is 27.1 Å². The predicted molar refractivity (Wildman–Crippen MR) is 106 cm³/mol. The Labute approximate surface area is 161 Å². The zero-order valence-corrected chi connectivity index (χ0v) is 16.8. The first kappa shape index (κ1) is 20.3. The van der Waals surface area contributed by atoms with Crippen molar-refractivity contribution in [2.24, 2.45) is 7.05 Å². The highest BCUT2D eigenvalue weighted by atomic mass is 32.2. The van der Waals surface area contributed by atoms with Crippen molar-refractivity contribution in [3.63, 3.8) is 0 Å². The fraction of sp³-hybridized carbons (Fsp3) is 0.389. The Bertz CT molecular complexity index is 767. The molecule has 0 spiro atoms. The maximum absolute atomic E-state index is 11.7. The monoisotopic (exact) mass is 393 g/mol. The molecule has 0 bridgehead atoms. The molecule has 2 rings (SSSR count). The highest BCUT2D eigenvalue weighted by molar-refractivity contribution is 7.98. The van der Waals surface area contributed by atoms with Crippen molar-refractivity contribution < 1.29 is 14.3 Å². The predicted octanol–water partition coefficient (Wildman–Crippen LogP) is 2.70. The van der Waals surface area contributed by atoms with Crippen molar-refractivity contribution in [3.8, 4) is 0 Å². The fourth-order valence-electron chi connectivity index (χ4n) is 2.25. The summed E-state index contributed by atoms with van der Waals surface area (Å²) >= 11 is 3.48. The summed E-state index contributed by atoms with van der Waals surface area (Å²) in [7, 11) is 1.85. The zero-order chi connectivity index (χ0) is 18.9. The van der Waals surface area contributed by atoms with Crippen LogP contribution in [0.2, 0.25) is 0 Å². The molecule has 1 N–H and O–H groups in total. The van der Waals surface area contributed by atoms with E-state index in [9.17, 15) is 9.59 Å². The van der Waals surface area contributed by atoms with Crippen LogP contribution in [0.1, 0.15) is 21.8 Å². The van der Waals surface area contributed by atoms with Crippen molar-refractivity contribution in [2.45, 2.75) is 19.6 Å². The number of nitrogens with zero attached hydrogens (tertiary/aromatic N) is 2. The number of carbonyl (C=O) groups excluding carboxylic acids is 2. The average molecular weight is 394 g/mol. The first-order chi connectivity index (χ1) is 12.5. The maximum Gasteiger partial charge on any atom is 0.331 e. The number of esters is 1. The molecule has 0 unspecified atom stereocenters. The molecule has 1 amide bonds. The van der Waals surface area contributed by atoms with Gasteiger partial charge in [-0.15, -0.1) is 11.3 Å². The lowest BCUT2D eigenvalue weighted by atomic mass is 10.2. The van der Waals surface area contributed by atoms with Crippen molar-refractivity contribution in [2.75, 3.05) is 18.9 Å². The molecule has 0 aliphatic heterocycles. The van der Waals surface area contributed by atoms with Gasteiger partial charge in [0.25, 0.3) is 5.91 Å². The van der Waals surface area contributed by atoms with Gasteiger partial charge in [0.2, 0.25) is 0 Å². The van der Waals surface area contributed by atoms with Gasteiger partial charge < -0.3 is 10.1 Å². The molecule has 26 heavy (non-hydrogen) atoms. The number of aryl methyl sites for hydroxylation is 2. The summed E-state index contributed by atoms with van der Waals surface area (Å²) in [5, 5.41) is 9.07. The van der Waals surface area contributed by atoms with E-state index in [1.807, 2.05) is 27.0 Å². The first-order valence-electron chi connectivity index (χ1n) is 8.19. The lowest BCUT2D eigenvalue weighted by Gasteiger charge is -2.05. The van der Waals surface area contributed by atoms with Crippen molar-refractivity contribution in [1.29, 1.82) is 0 Å². The summed E-state index contributed by atoms with van der Waals surface area (Å²) in [6.45, 7) is 4.08. The third-order valence-electron chi connectivity index (χ3n) is 3.69. The SMILES string of the molecule is Cc1nn(C)c(C)c1/C=C/C(=O)OCC(=O)NCCSCc1cccs1. The summed E-state index contributed by atoms with van der Waals surface area (Å²) in [5.74, 6) is 0.921. The quantitative estimate of drug-likeness (QED) is 0.403. The Morgan fingerprint density at radius 1 is 1.42 bits per heavy atom. The number of rotatable bonds is 9. The van der Waals surface area contributed by atoms with E-state index < -0.39 is 5.97 Å². The molecule has 0 aliphatic rings. The highest BCUT2D eigenvalue weighted by Crippen LogP contribution is 2.16. The van der Waals surface area contributed by atoms with Gasteiger partial charge >= 0.3 is 5.97 Å². The number of nitrogens with one attached hydrogen (secondary N) is 1. The number of amides is 1. The smallest absolute Gasteiger partial charge is 0.331 e. The topological polar surface area (TPSA) is 73.2 Å². The molecule has 0 radical (unpaired) electrons. The standard InChI is InChI=1S/C18H23N3O3S2/c1-13-16(14(2)21(3)20-13)6-7-18(23)24-11-17(22)19-8-10-25-12-15-5-4-9-26-15/h4-7,9H,8,10-12H2,1-3H3,(H,19,22)/b7-6+. The van der Waals surface area contributed by atoms with E-state index in [1.54, 1.807) is 33.9 Å². The molecule has 0 aromatic carbocycles. The van der Waals surface area contributed by atoms with E-state index in [0.29, 0.717) is 6.54 Å². The minimum atomic E-state index is -0.546. The fourth-order valence-corrected chi connectivity index (χ4v) is 3.95. The molecule has 140 valence electrons. The normalized spacial score (nSPS) is 11.0. The van der Waals surface area contributed by atoms with Crippen LogP contribution >= 0.6 is 23.1 Å². The van der Waals surface area contributed by atoms with Crippen LogP contribution in [0.4, 0.5) is 0 Å². The average Bonchev–Trinajstić information content (AvgIpc) is 3.20. The van der Waals surface area contributed by atoms with Gasteiger partial charge in [-0.05, 0) is 31.4 Å². The van der Waals surface area contributed by atoms with Gasteiger partial charge in [-0.25, -0.2) is 4.79 Å². The van der Waals surface area contributed by atoms with E-state index in [-0.39, 0.29) is 12.5 Å². The van der Waals surface area contributed by atoms with Gasteiger partial charge in [0.1, 0.15) is 0 Å². The van der Waals surface area contributed by atoms with Crippen LogP contribution in [0.5, 0.6) is 0 Å². The zero-order valence-electron chi connectivity index (χ0n) is 15.2. The van der Waals surface area contributed by atoms with Gasteiger partial charge in [-0.2, -0.15) is 16.9 Å². The van der Waals surface area contributed by atoms with Gasteiger partial charge in [0.15, 0.2) is 6.61 Å². The molecule has 0 atom stereocenters. The van der Waals surface area contributed by atoms with Gasteiger partial charge in [0.05, 0.1) is 5.69 Å². The lowest BCUT2D eigenvalue weighted by Crippen LogP contribution is -2.30. The molecule has 0 fully saturated rings. The van der Waals surface area contributed by atoms with Crippen molar-refractivity contribution in [1.82, 2.24) is 15.1 Å². The molecule has 8 heteroatoms. The third kappa shape index (κ3) is 6.34. The second-order valence-electron chi connectivity index (χ2n) is 5.63. The second-order valence-corrected chi connectivity index (χ2v) is 7.77. The number of thioether (sulfide) groups is 1. The molecule has 0 saturated carbocycles. The molecular weight excluding hydrogens is 370 g/mol. The van der Waals surface area contributed by atoms with Crippen LogP contribution in [0.15, 0.2) is 23.6 Å². The minimum Gasteiger partial charge on any atom is -0.452 e. The summed E-state index contributed by atoms with van der Waals surface area (Å²) < 4.78 is 6.71. The molecule has 2 heterocycles. The Morgan fingerprint density at radius 3 is 2.88 bits per heavy atom. The third-order valence-corrected chi connectivity index (χ3v) is 5.76. The Balaban J connectivity index is 1.62. The minimum absolute atomic E-state index is 0.274. The van der Waals surface area contributed by atoms with Crippen LogP contribution in [0.3, 0.4) is 0 Å². The molecule has 0 aliphatic carbocycles. The second kappa shape index (κ2) is 10.2. The maximum atomic E-state index is 11.7. The number of hydrogen-bond acceptors (Lipinski definition) is 6. The summed E-state index contributed by atoms with van der Waals surface area (Å²) in [5.41, 5.74) is 2.69. The first-order valence-corrected chi connectivity index (χ1v) is 10.2. The van der Waals surface area contributed by atoms with Gasteiger partial charge in [-0.3, -0.25) is 9.48 Å². The number of hydrogen-bond donors (Lipinski definition) is 1. The van der Waals surface area contributed by atoms with Crippen molar-refractivity contribution >= 4 is 41.1 Å². The van der Waals surface area contributed by atoms with Crippen LogP contribution in [0, 0.1) is 13.8 Å². The number of carbonyl (C=O) groups is 2. The number of ether oxygens (including phenoxy) is 1. The lowest BCUT2D eigenvalue weighted by molar-refractivity contribution is -0.143. The van der Waals surface area contributed by atoms with Gasteiger partial charge in [-0.1, -0.05) is 6.07 Å². The van der Waals surface area contributed by atoms with E-state index >= 15 is 0 Å². The molecule has 0 saturated heterocycles. The number of thiophene rings is 1. The van der Waals surface area contributed by atoms with E-state index in [2.05, 4.69) is 21.9 Å². The molecule has 2 aromatic heterocycles. The Kier molecular flexibility index (Phi) is 7.93. The Hall–Kier alpha value is -2.06. The van der Waals surface area contributed by atoms with Crippen molar-refractivity contribution in [3.05, 3.63) is 45.4 Å². The Morgan fingerprint density at radius 2 is 2.23 bits per heavy atom. The van der Waals surface area contributed by atoms with Crippen LogP contribution < -0.4 is 5.32 Å². The van der Waals surface area contributed by atoms with Crippen LogP contribution in [0.25, 0.3) is 6.08 Å². The largest absolute Gasteiger partial charge is 0.452 e.